The molecule has 3 aromatic carbocycles. The second-order valence-electron chi connectivity index (χ2n) is 9.06. The van der Waals surface area contributed by atoms with Gasteiger partial charge in [0.25, 0.3) is 5.91 Å². The van der Waals surface area contributed by atoms with Crippen LogP contribution in [0.15, 0.2) is 65.1 Å². The van der Waals surface area contributed by atoms with Gasteiger partial charge in [-0.05, 0) is 78.9 Å². The lowest BCUT2D eigenvalue weighted by Gasteiger charge is -2.15. The van der Waals surface area contributed by atoms with Gasteiger partial charge in [-0.1, -0.05) is 53.5 Å². The number of carbonyl (C=O) groups is 3. The van der Waals surface area contributed by atoms with Crippen molar-refractivity contribution >= 4 is 56.7 Å². The lowest BCUT2D eigenvalue weighted by Crippen LogP contribution is -2.21. The van der Waals surface area contributed by atoms with E-state index in [-0.39, 0.29) is 25.2 Å². The second kappa shape index (κ2) is 14.0. The Kier molecular flexibility index (Phi) is 10.7. The van der Waals surface area contributed by atoms with E-state index in [1.165, 1.54) is 0 Å². The molecule has 0 saturated carbocycles. The standard InChI is InChI=1S/C29H30BrClN2O5/c1-18(2)23-13-7-19(3)15-26(23)38-22-11-9-21(10-12-22)32-27(34)5-4-6-29(36)37-17-28(35)33-25-14-8-20(30)16-24(25)31/h7-16,18H,4-6,17H2,1-3H3,(H,32,34)(H,33,35). The van der Waals surface area contributed by atoms with E-state index < -0.39 is 18.5 Å². The zero-order valence-electron chi connectivity index (χ0n) is 21.5. The van der Waals surface area contributed by atoms with Gasteiger partial charge in [-0.2, -0.15) is 0 Å². The van der Waals surface area contributed by atoms with E-state index in [0.29, 0.717) is 28.1 Å². The van der Waals surface area contributed by atoms with Crippen molar-refractivity contribution in [2.75, 3.05) is 17.2 Å². The highest BCUT2D eigenvalue weighted by Gasteiger charge is 2.12. The van der Waals surface area contributed by atoms with Crippen LogP contribution in [0.1, 0.15) is 50.2 Å². The first kappa shape index (κ1) is 29.2. The van der Waals surface area contributed by atoms with Gasteiger partial charge in [-0.15, -0.1) is 0 Å². The first-order chi connectivity index (χ1) is 18.1. The number of ether oxygens (including phenoxy) is 2. The van der Waals surface area contributed by atoms with Crippen molar-refractivity contribution in [3.63, 3.8) is 0 Å². The summed E-state index contributed by atoms with van der Waals surface area (Å²) in [6.45, 7) is 5.82. The molecule has 2 N–H and O–H groups in total. The summed E-state index contributed by atoms with van der Waals surface area (Å²) in [6, 6.07) is 18.3. The molecule has 0 aromatic heterocycles. The van der Waals surface area contributed by atoms with E-state index in [1.54, 1.807) is 42.5 Å². The number of nitrogens with one attached hydrogen (secondary N) is 2. The summed E-state index contributed by atoms with van der Waals surface area (Å²) in [5, 5.41) is 5.75. The van der Waals surface area contributed by atoms with Crippen LogP contribution < -0.4 is 15.4 Å². The smallest absolute Gasteiger partial charge is 0.306 e. The Labute approximate surface area is 236 Å². The van der Waals surface area contributed by atoms with E-state index >= 15 is 0 Å². The molecular formula is C29H30BrClN2O5. The predicted octanol–water partition coefficient (Wildman–Crippen LogP) is 7.62. The molecule has 0 fully saturated rings. The highest BCUT2D eigenvalue weighted by molar-refractivity contribution is 9.10. The molecule has 0 aliphatic carbocycles. The van der Waals surface area contributed by atoms with E-state index in [4.69, 9.17) is 21.1 Å². The molecule has 38 heavy (non-hydrogen) atoms. The van der Waals surface area contributed by atoms with E-state index in [9.17, 15) is 14.4 Å². The number of hydrogen-bond acceptors (Lipinski definition) is 5. The van der Waals surface area contributed by atoms with Crippen molar-refractivity contribution < 1.29 is 23.9 Å². The number of halogens is 2. The maximum Gasteiger partial charge on any atom is 0.306 e. The molecule has 0 unspecified atom stereocenters. The van der Waals surface area contributed by atoms with Crippen LogP contribution >= 0.6 is 27.5 Å². The number of amides is 2. The van der Waals surface area contributed by atoms with Crippen LogP contribution in [0.2, 0.25) is 5.02 Å². The highest BCUT2D eigenvalue weighted by atomic mass is 79.9. The molecule has 0 bridgehead atoms. The summed E-state index contributed by atoms with van der Waals surface area (Å²) in [7, 11) is 0. The lowest BCUT2D eigenvalue weighted by atomic mass is 10.0. The van der Waals surface area contributed by atoms with E-state index in [2.05, 4.69) is 52.5 Å². The molecule has 0 aliphatic rings. The Morgan fingerprint density at radius 3 is 2.34 bits per heavy atom. The fourth-order valence-corrected chi connectivity index (χ4v) is 4.27. The number of carbonyl (C=O) groups excluding carboxylic acids is 3. The minimum Gasteiger partial charge on any atom is -0.457 e. The van der Waals surface area contributed by atoms with Crippen LogP contribution in [-0.4, -0.2) is 24.4 Å². The monoisotopic (exact) mass is 600 g/mol. The van der Waals surface area contributed by atoms with Crippen molar-refractivity contribution in [1.29, 1.82) is 0 Å². The topological polar surface area (TPSA) is 93.7 Å². The fourth-order valence-electron chi connectivity index (χ4n) is 3.55. The Bertz CT molecular complexity index is 1290. The van der Waals surface area contributed by atoms with Crippen LogP contribution in [0.5, 0.6) is 11.5 Å². The molecule has 0 aliphatic heterocycles. The number of hydrogen-bond donors (Lipinski definition) is 2. The van der Waals surface area contributed by atoms with Crippen molar-refractivity contribution in [3.05, 3.63) is 81.3 Å². The third-order valence-electron chi connectivity index (χ3n) is 5.51. The zero-order chi connectivity index (χ0) is 27.7. The minimum atomic E-state index is -0.562. The minimum absolute atomic E-state index is 0.0151. The van der Waals surface area contributed by atoms with Gasteiger partial charge in [0.05, 0.1) is 10.7 Å². The van der Waals surface area contributed by atoms with Crippen LogP contribution in [-0.2, 0) is 19.1 Å². The summed E-state index contributed by atoms with van der Waals surface area (Å²) >= 11 is 9.34. The Morgan fingerprint density at radius 2 is 1.66 bits per heavy atom. The van der Waals surface area contributed by atoms with Gasteiger partial charge in [-0.25, -0.2) is 0 Å². The molecule has 3 rings (SSSR count). The molecule has 9 heteroatoms. The molecule has 7 nitrogen and oxygen atoms in total. The zero-order valence-corrected chi connectivity index (χ0v) is 23.8. The van der Waals surface area contributed by atoms with Crippen molar-refractivity contribution in [2.45, 2.75) is 46.0 Å². The summed E-state index contributed by atoms with van der Waals surface area (Å²) in [4.78, 5) is 36.2. The summed E-state index contributed by atoms with van der Waals surface area (Å²) in [5.74, 6) is 0.525. The lowest BCUT2D eigenvalue weighted by molar-refractivity contribution is -0.147. The molecular weight excluding hydrogens is 572 g/mol. The highest BCUT2D eigenvalue weighted by Crippen LogP contribution is 2.32. The maximum atomic E-state index is 12.3. The summed E-state index contributed by atoms with van der Waals surface area (Å²) < 4.78 is 11.8. The normalized spacial score (nSPS) is 10.7. The molecule has 0 saturated heterocycles. The van der Waals surface area contributed by atoms with Crippen molar-refractivity contribution in [2.24, 2.45) is 0 Å². The van der Waals surface area contributed by atoms with Crippen LogP contribution in [0.3, 0.4) is 0 Å². The number of benzene rings is 3. The molecule has 2 amide bonds. The Hall–Kier alpha value is -3.36. The molecule has 3 aromatic rings. The predicted molar refractivity (Wildman–Crippen MR) is 153 cm³/mol. The molecule has 200 valence electrons. The molecule has 0 heterocycles. The Balaban J connectivity index is 1.38. The third kappa shape index (κ3) is 9.19. The average Bonchev–Trinajstić information content (AvgIpc) is 2.85. The number of anilines is 2. The van der Waals surface area contributed by atoms with Gasteiger partial charge in [0.2, 0.25) is 5.91 Å². The van der Waals surface area contributed by atoms with Crippen molar-refractivity contribution in [1.82, 2.24) is 0 Å². The van der Waals surface area contributed by atoms with Crippen molar-refractivity contribution in [3.8, 4) is 11.5 Å². The average molecular weight is 602 g/mol. The fraction of sp³-hybridized carbons (Fsp3) is 0.276. The van der Waals surface area contributed by atoms with E-state index in [1.807, 2.05) is 13.0 Å². The van der Waals surface area contributed by atoms with Crippen LogP contribution in [0, 0.1) is 6.92 Å². The SMILES string of the molecule is Cc1ccc(C(C)C)c(Oc2ccc(NC(=O)CCCC(=O)OCC(=O)Nc3ccc(Br)cc3Cl)cc2)c1. The van der Waals surface area contributed by atoms with Crippen LogP contribution in [0.4, 0.5) is 11.4 Å². The van der Waals surface area contributed by atoms with Gasteiger partial charge < -0.3 is 20.1 Å². The Morgan fingerprint density at radius 1 is 0.921 bits per heavy atom. The van der Waals surface area contributed by atoms with Gasteiger partial charge in [0.15, 0.2) is 6.61 Å². The van der Waals surface area contributed by atoms with Crippen LogP contribution in [0.25, 0.3) is 0 Å². The van der Waals surface area contributed by atoms with E-state index in [0.717, 1.165) is 21.3 Å². The number of rotatable bonds is 11. The summed E-state index contributed by atoms with van der Waals surface area (Å²) in [6.07, 6.45) is 0.438. The van der Waals surface area contributed by atoms with Gasteiger partial charge >= 0.3 is 5.97 Å². The first-order valence-electron chi connectivity index (χ1n) is 12.2. The van der Waals surface area contributed by atoms with Gasteiger partial charge in [0, 0.05) is 23.0 Å². The number of esters is 1. The number of aryl methyl sites for hydroxylation is 1. The summed E-state index contributed by atoms with van der Waals surface area (Å²) in [5.41, 5.74) is 3.29. The quantitative estimate of drug-likeness (QED) is 0.221. The second-order valence-corrected chi connectivity index (χ2v) is 10.4. The van der Waals surface area contributed by atoms with Gasteiger partial charge in [-0.3, -0.25) is 14.4 Å². The molecule has 0 radical (unpaired) electrons. The van der Waals surface area contributed by atoms with Gasteiger partial charge in [0.1, 0.15) is 11.5 Å². The maximum absolute atomic E-state index is 12.3. The first-order valence-corrected chi connectivity index (χ1v) is 13.4. The third-order valence-corrected chi connectivity index (χ3v) is 6.32. The largest absolute Gasteiger partial charge is 0.457 e. The molecule has 0 atom stereocenters. The molecule has 0 spiro atoms.